The highest BCUT2D eigenvalue weighted by Crippen LogP contribution is 2.17. The number of nitrogens with zero attached hydrogens (tertiary/aromatic N) is 1. The van der Waals surface area contributed by atoms with Crippen molar-refractivity contribution in [3.63, 3.8) is 0 Å². The molecule has 0 aliphatic carbocycles. The molecular formula is C48H87NO4. The number of hydrogen-bond acceptors (Lipinski definition) is 5. The van der Waals surface area contributed by atoms with Gasteiger partial charge in [-0.2, -0.15) is 0 Å². The first-order valence-electron chi connectivity index (χ1n) is 22.8. The lowest BCUT2D eigenvalue weighted by molar-refractivity contribution is -0.161. The smallest absolute Gasteiger partial charge is 0.305 e. The Balaban J connectivity index is 2.18. The summed E-state index contributed by atoms with van der Waals surface area (Å²) in [5, 5.41) is 0. The molecule has 0 N–H and O–H groups in total. The molecule has 0 radical (unpaired) electrons. The Kier molecular flexibility index (Phi) is 35.9. The number of carbonyl (C=O) groups is 1. The molecule has 1 aliphatic heterocycles. The van der Waals surface area contributed by atoms with Gasteiger partial charge in [0.15, 0.2) is 0 Å². The minimum Gasteiger partial charge on any atom is -0.463 e. The summed E-state index contributed by atoms with van der Waals surface area (Å²) >= 11 is 0. The first-order valence-corrected chi connectivity index (χ1v) is 22.8. The highest BCUT2D eigenvalue weighted by Gasteiger charge is 2.28. The van der Waals surface area contributed by atoms with Crippen molar-refractivity contribution in [2.75, 3.05) is 46.1 Å². The number of ether oxygens (including phenoxy) is 3. The van der Waals surface area contributed by atoms with Crippen molar-refractivity contribution in [2.24, 2.45) is 0 Å². The molecule has 0 bridgehead atoms. The van der Waals surface area contributed by atoms with Crippen LogP contribution in [0.5, 0.6) is 0 Å². The molecule has 1 heterocycles. The van der Waals surface area contributed by atoms with Gasteiger partial charge in [0, 0.05) is 19.6 Å². The van der Waals surface area contributed by atoms with Gasteiger partial charge in [0.25, 0.3) is 0 Å². The SMILES string of the molecule is CCCCC/C=C\C/C=C\CCCCCCCCOCC(C)(COC(=O)CCCCN1CCC1)OCCCCCCCC/C=C\C/C=C\CCCCC. The standard InChI is InChI=1S/C48H87NO4/c1-4-6-8-10-12-14-16-18-20-22-24-26-28-30-32-36-43-51-45-48(3,46-52-47(50)39-34-35-40-49-41-38-42-49)53-44-37-33-31-29-27-25-23-21-19-17-15-13-11-9-7-5-2/h12-15,18-21H,4-11,16-17,22-46H2,1-3H3/b14-12-,15-13-,20-18-,21-19-. The van der Waals surface area contributed by atoms with Gasteiger partial charge in [-0.3, -0.25) is 4.79 Å². The van der Waals surface area contributed by atoms with E-state index in [4.69, 9.17) is 14.2 Å². The molecule has 0 aromatic carbocycles. The summed E-state index contributed by atoms with van der Waals surface area (Å²) in [6, 6.07) is 0. The monoisotopic (exact) mass is 742 g/mol. The molecule has 5 heteroatoms. The summed E-state index contributed by atoms with van der Waals surface area (Å²) in [6.45, 7) is 12.3. The van der Waals surface area contributed by atoms with Crippen LogP contribution in [0.4, 0.5) is 0 Å². The minimum atomic E-state index is -0.595. The average Bonchev–Trinajstić information content (AvgIpc) is 3.14. The highest BCUT2D eigenvalue weighted by molar-refractivity contribution is 5.69. The van der Waals surface area contributed by atoms with E-state index in [9.17, 15) is 4.79 Å². The Labute approximate surface area is 329 Å². The molecule has 5 nitrogen and oxygen atoms in total. The lowest BCUT2D eigenvalue weighted by atomic mass is 10.1. The minimum absolute atomic E-state index is 0.109. The largest absolute Gasteiger partial charge is 0.463 e. The van der Waals surface area contributed by atoms with Crippen LogP contribution in [-0.2, 0) is 19.0 Å². The molecule has 1 fully saturated rings. The second-order valence-electron chi connectivity index (χ2n) is 15.8. The Morgan fingerprint density at radius 3 is 1.51 bits per heavy atom. The molecule has 0 aromatic rings. The summed E-state index contributed by atoms with van der Waals surface area (Å²) in [6.07, 6.45) is 52.1. The van der Waals surface area contributed by atoms with Crippen LogP contribution in [0.1, 0.15) is 201 Å². The zero-order valence-corrected chi connectivity index (χ0v) is 35.4. The van der Waals surface area contributed by atoms with Crippen molar-refractivity contribution >= 4 is 5.97 Å². The molecule has 1 saturated heterocycles. The number of rotatable bonds is 40. The normalized spacial score (nSPS) is 15.0. The Morgan fingerprint density at radius 2 is 1.02 bits per heavy atom. The average molecular weight is 742 g/mol. The predicted octanol–water partition coefficient (Wildman–Crippen LogP) is 13.8. The van der Waals surface area contributed by atoms with Crippen LogP contribution in [0.15, 0.2) is 48.6 Å². The summed E-state index contributed by atoms with van der Waals surface area (Å²) in [5.74, 6) is -0.109. The van der Waals surface area contributed by atoms with Gasteiger partial charge in [-0.15, -0.1) is 0 Å². The van der Waals surface area contributed by atoms with E-state index >= 15 is 0 Å². The van der Waals surface area contributed by atoms with E-state index < -0.39 is 5.60 Å². The number of unbranched alkanes of at least 4 members (excludes halogenated alkanes) is 19. The molecule has 1 atom stereocenters. The molecule has 1 rings (SSSR count). The highest BCUT2D eigenvalue weighted by atomic mass is 16.6. The van der Waals surface area contributed by atoms with E-state index in [0.717, 1.165) is 51.7 Å². The number of likely N-dealkylation sites (tertiary alicyclic amines) is 1. The fraction of sp³-hybridized carbons (Fsp3) is 0.812. The first-order chi connectivity index (χ1) is 26.1. The molecule has 308 valence electrons. The van der Waals surface area contributed by atoms with Crippen molar-refractivity contribution in [2.45, 2.75) is 206 Å². The van der Waals surface area contributed by atoms with Gasteiger partial charge >= 0.3 is 5.97 Å². The van der Waals surface area contributed by atoms with Crippen LogP contribution in [0, 0.1) is 0 Å². The third-order valence-corrected chi connectivity index (χ3v) is 10.3. The van der Waals surface area contributed by atoms with E-state index in [-0.39, 0.29) is 12.6 Å². The third kappa shape index (κ3) is 34.5. The maximum absolute atomic E-state index is 12.5. The fourth-order valence-corrected chi connectivity index (χ4v) is 6.53. The predicted molar refractivity (Wildman–Crippen MR) is 230 cm³/mol. The zero-order chi connectivity index (χ0) is 38.2. The second kappa shape index (κ2) is 38.6. The van der Waals surface area contributed by atoms with Gasteiger partial charge in [-0.25, -0.2) is 0 Å². The Bertz CT molecular complexity index is 907. The van der Waals surface area contributed by atoms with Gasteiger partial charge < -0.3 is 19.1 Å². The Morgan fingerprint density at radius 1 is 0.547 bits per heavy atom. The van der Waals surface area contributed by atoms with Gasteiger partial charge in [0.2, 0.25) is 0 Å². The molecule has 0 saturated carbocycles. The van der Waals surface area contributed by atoms with E-state index in [1.54, 1.807) is 0 Å². The van der Waals surface area contributed by atoms with Gasteiger partial charge in [-0.05, 0) is 123 Å². The van der Waals surface area contributed by atoms with E-state index in [0.29, 0.717) is 19.6 Å². The van der Waals surface area contributed by atoms with Crippen molar-refractivity contribution in [1.29, 1.82) is 0 Å². The maximum Gasteiger partial charge on any atom is 0.305 e. The molecule has 1 unspecified atom stereocenters. The van der Waals surface area contributed by atoms with Crippen molar-refractivity contribution < 1.29 is 19.0 Å². The summed E-state index contributed by atoms with van der Waals surface area (Å²) in [4.78, 5) is 15.0. The van der Waals surface area contributed by atoms with Crippen LogP contribution in [0.2, 0.25) is 0 Å². The summed E-state index contributed by atoms with van der Waals surface area (Å²) < 4.78 is 18.3. The lowest BCUT2D eigenvalue weighted by Gasteiger charge is -2.30. The second-order valence-corrected chi connectivity index (χ2v) is 15.8. The van der Waals surface area contributed by atoms with Gasteiger partial charge in [0.05, 0.1) is 6.61 Å². The van der Waals surface area contributed by atoms with E-state index in [1.807, 2.05) is 0 Å². The molecule has 53 heavy (non-hydrogen) atoms. The van der Waals surface area contributed by atoms with Crippen molar-refractivity contribution in [1.82, 2.24) is 4.90 Å². The number of carbonyl (C=O) groups excluding carboxylic acids is 1. The van der Waals surface area contributed by atoms with E-state index in [2.05, 4.69) is 74.3 Å². The lowest BCUT2D eigenvalue weighted by Crippen LogP contribution is -2.41. The maximum atomic E-state index is 12.5. The van der Waals surface area contributed by atoms with Gasteiger partial charge in [0.1, 0.15) is 12.2 Å². The molecule has 0 aromatic heterocycles. The van der Waals surface area contributed by atoms with Crippen LogP contribution < -0.4 is 0 Å². The summed E-state index contributed by atoms with van der Waals surface area (Å²) in [5.41, 5.74) is -0.595. The first kappa shape index (κ1) is 49.3. The van der Waals surface area contributed by atoms with Gasteiger partial charge in [-0.1, -0.05) is 140 Å². The van der Waals surface area contributed by atoms with Crippen molar-refractivity contribution in [3.05, 3.63) is 48.6 Å². The van der Waals surface area contributed by atoms with Crippen LogP contribution in [0.25, 0.3) is 0 Å². The number of allylic oxidation sites excluding steroid dienone is 8. The van der Waals surface area contributed by atoms with Crippen LogP contribution >= 0.6 is 0 Å². The van der Waals surface area contributed by atoms with E-state index in [1.165, 1.54) is 148 Å². The zero-order valence-electron chi connectivity index (χ0n) is 35.4. The van der Waals surface area contributed by atoms with Crippen molar-refractivity contribution in [3.8, 4) is 0 Å². The van der Waals surface area contributed by atoms with Crippen LogP contribution in [0.3, 0.4) is 0 Å². The fourth-order valence-electron chi connectivity index (χ4n) is 6.53. The molecular weight excluding hydrogens is 655 g/mol. The third-order valence-electron chi connectivity index (χ3n) is 10.3. The molecule has 0 amide bonds. The summed E-state index contributed by atoms with van der Waals surface area (Å²) in [7, 11) is 0. The quantitative estimate of drug-likeness (QED) is 0.0355. The topological polar surface area (TPSA) is 48.0 Å². The van der Waals surface area contributed by atoms with Crippen LogP contribution in [-0.4, -0.2) is 62.5 Å². The molecule has 1 aliphatic rings. The number of hydrogen-bond donors (Lipinski definition) is 0. The number of esters is 1. The molecule has 0 spiro atoms. The Hall–Kier alpha value is -1.69.